The van der Waals surface area contributed by atoms with Crippen molar-refractivity contribution in [2.75, 3.05) is 0 Å². The van der Waals surface area contributed by atoms with Crippen LogP contribution in [0.1, 0.15) is 21.5 Å². The van der Waals surface area contributed by atoms with Gasteiger partial charge >= 0.3 is 5.97 Å². The molecule has 1 N–H and O–H groups in total. The molecule has 24 heavy (non-hydrogen) atoms. The zero-order valence-corrected chi connectivity index (χ0v) is 14.3. The average molecular weight is 384 g/mol. The maximum absolute atomic E-state index is 12.4. The van der Waals surface area contributed by atoms with Crippen molar-refractivity contribution in [3.05, 3.63) is 86.6 Å². The van der Waals surface area contributed by atoms with Crippen LogP contribution in [0.3, 0.4) is 0 Å². The molecular weight excluding hydrogens is 370 g/mol. The summed E-state index contributed by atoms with van der Waals surface area (Å²) in [5.41, 5.74) is 2.00. The van der Waals surface area contributed by atoms with Crippen LogP contribution in [0.15, 0.2) is 64.5 Å². The van der Waals surface area contributed by atoms with Gasteiger partial charge in [-0.25, -0.2) is 4.79 Å². The number of carboxylic acids is 1. The van der Waals surface area contributed by atoms with Gasteiger partial charge in [-0.3, -0.25) is 4.79 Å². The van der Waals surface area contributed by atoms with E-state index >= 15 is 0 Å². The Kier molecular flexibility index (Phi) is 4.36. The van der Waals surface area contributed by atoms with Crippen LogP contribution < -0.4 is 5.43 Å². The van der Waals surface area contributed by atoms with Crippen LogP contribution in [-0.4, -0.2) is 15.6 Å². The number of hydrogen-bond donors (Lipinski definition) is 1. The van der Waals surface area contributed by atoms with Crippen molar-refractivity contribution in [1.82, 2.24) is 4.57 Å². The first-order valence-electron chi connectivity index (χ1n) is 7.27. The molecule has 0 saturated heterocycles. The van der Waals surface area contributed by atoms with Gasteiger partial charge in [0.15, 0.2) is 0 Å². The number of hydrogen-bond acceptors (Lipinski definition) is 2. The Morgan fingerprint density at radius 1 is 1.21 bits per heavy atom. The zero-order valence-electron chi connectivity index (χ0n) is 12.7. The van der Waals surface area contributed by atoms with E-state index in [-0.39, 0.29) is 5.56 Å². The molecule has 0 fully saturated rings. The molecule has 1 aromatic heterocycles. The number of aromatic nitrogens is 1. The molecule has 4 nitrogen and oxygen atoms in total. The summed E-state index contributed by atoms with van der Waals surface area (Å²) in [6.07, 6.45) is 3.17. The summed E-state index contributed by atoms with van der Waals surface area (Å²) < 4.78 is 2.52. The highest BCUT2D eigenvalue weighted by atomic mass is 79.9. The van der Waals surface area contributed by atoms with Gasteiger partial charge in [-0.05, 0) is 29.3 Å². The van der Waals surface area contributed by atoms with Crippen molar-refractivity contribution in [1.29, 1.82) is 0 Å². The van der Waals surface area contributed by atoms with Crippen molar-refractivity contribution in [2.45, 2.75) is 6.54 Å². The molecule has 3 aromatic rings. The van der Waals surface area contributed by atoms with Gasteiger partial charge in [-0.15, -0.1) is 0 Å². The largest absolute Gasteiger partial charge is 0.477 e. The number of rotatable bonds is 4. The number of pyridine rings is 1. The zero-order chi connectivity index (χ0) is 17.3. The predicted octanol–water partition coefficient (Wildman–Crippen LogP) is 4.15. The van der Waals surface area contributed by atoms with Crippen molar-refractivity contribution < 1.29 is 9.90 Å². The topological polar surface area (TPSA) is 59.3 Å². The smallest absolute Gasteiger partial charge is 0.341 e. The summed E-state index contributed by atoms with van der Waals surface area (Å²) in [4.78, 5) is 23.8. The highest BCUT2D eigenvalue weighted by Crippen LogP contribution is 2.19. The second-order valence-electron chi connectivity index (χ2n) is 5.41. The lowest BCUT2D eigenvalue weighted by Crippen LogP contribution is -2.19. The lowest BCUT2D eigenvalue weighted by atomic mass is 10.1. The van der Waals surface area contributed by atoms with E-state index in [0.717, 1.165) is 15.6 Å². The fourth-order valence-corrected chi connectivity index (χ4v) is 2.97. The summed E-state index contributed by atoms with van der Waals surface area (Å²) >= 11 is 3.33. The lowest BCUT2D eigenvalue weighted by molar-refractivity contribution is 0.0695. The van der Waals surface area contributed by atoms with Gasteiger partial charge in [0.05, 0.1) is 5.52 Å². The molecule has 0 spiro atoms. The number of fused-ring (bicyclic) bond motifs is 1. The molecule has 0 atom stereocenters. The van der Waals surface area contributed by atoms with Gasteiger partial charge in [0, 0.05) is 22.6 Å². The van der Waals surface area contributed by atoms with Gasteiger partial charge in [-0.2, -0.15) is 0 Å². The minimum atomic E-state index is -1.22. The molecule has 5 heteroatoms. The van der Waals surface area contributed by atoms with E-state index in [2.05, 4.69) is 22.5 Å². The Morgan fingerprint density at radius 2 is 1.92 bits per heavy atom. The standard InChI is InChI=1S/C19H14BrNO3/c1-2-12-3-5-13(6-4-12)10-21-11-16(19(23)24)18(22)15-9-14(20)7-8-17(15)21/h2-9,11H,1,10H2,(H,23,24). The summed E-state index contributed by atoms with van der Waals surface area (Å²) in [6, 6.07) is 13.1. The molecule has 0 bridgehead atoms. The first kappa shape index (κ1) is 16.2. The van der Waals surface area contributed by atoms with Gasteiger partial charge in [0.2, 0.25) is 5.43 Å². The monoisotopic (exact) mass is 383 g/mol. The van der Waals surface area contributed by atoms with E-state index in [0.29, 0.717) is 17.4 Å². The normalized spacial score (nSPS) is 10.7. The molecule has 0 radical (unpaired) electrons. The van der Waals surface area contributed by atoms with Crippen LogP contribution in [-0.2, 0) is 6.54 Å². The molecular formula is C19H14BrNO3. The first-order valence-corrected chi connectivity index (χ1v) is 8.06. The lowest BCUT2D eigenvalue weighted by Gasteiger charge is -2.13. The van der Waals surface area contributed by atoms with Gasteiger partial charge in [0.1, 0.15) is 5.56 Å². The van der Waals surface area contributed by atoms with Crippen LogP contribution in [0.4, 0.5) is 0 Å². The first-order chi connectivity index (χ1) is 11.5. The molecule has 0 amide bonds. The summed E-state index contributed by atoms with van der Waals surface area (Å²) in [5, 5.41) is 9.70. The maximum atomic E-state index is 12.4. The van der Waals surface area contributed by atoms with Crippen molar-refractivity contribution in [3.63, 3.8) is 0 Å². The molecule has 0 saturated carbocycles. The molecule has 0 unspecified atom stereocenters. The van der Waals surface area contributed by atoms with Crippen LogP contribution in [0.25, 0.3) is 17.0 Å². The summed E-state index contributed by atoms with van der Waals surface area (Å²) in [7, 11) is 0. The predicted molar refractivity (Wildman–Crippen MR) is 98.5 cm³/mol. The minimum absolute atomic E-state index is 0.233. The van der Waals surface area contributed by atoms with Gasteiger partial charge < -0.3 is 9.67 Å². The van der Waals surface area contributed by atoms with Crippen LogP contribution >= 0.6 is 15.9 Å². The van der Waals surface area contributed by atoms with Crippen LogP contribution in [0.2, 0.25) is 0 Å². The van der Waals surface area contributed by atoms with Crippen molar-refractivity contribution in [2.24, 2.45) is 0 Å². The molecule has 1 heterocycles. The molecule has 0 aliphatic carbocycles. The van der Waals surface area contributed by atoms with E-state index in [1.807, 2.05) is 36.4 Å². The third-order valence-corrected chi connectivity index (χ3v) is 4.33. The Hall–Kier alpha value is -2.66. The Morgan fingerprint density at radius 3 is 2.54 bits per heavy atom. The van der Waals surface area contributed by atoms with Crippen LogP contribution in [0, 0.1) is 0 Å². The Bertz CT molecular complexity index is 1000. The SMILES string of the molecule is C=Cc1ccc(Cn2cc(C(=O)O)c(=O)c3cc(Br)ccc32)cc1. The molecule has 120 valence electrons. The van der Waals surface area contributed by atoms with E-state index in [1.54, 1.807) is 16.7 Å². The Labute approximate surface area is 146 Å². The van der Waals surface area contributed by atoms with Gasteiger partial charge in [-0.1, -0.05) is 52.9 Å². The minimum Gasteiger partial charge on any atom is -0.477 e. The second kappa shape index (κ2) is 6.45. The quantitative estimate of drug-likeness (QED) is 0.735. The number of halogens is 1. The van der Waals surface area contributed by atoms with Gasteiger partial charge in [0.25, 0.3) is 0 Å². The van der Waals surface area contributed by atoms with E-state index in [4.69, 9.17) is 0 Å². The highest BCUT2D eigenvalue weighted by Gasteiger charge is 2.15. The second-order valence-corrected chi connectivity index (χ2v) is 6.33. The fraction of sp³-hybridized carbons (Fsp3) is 0.0526. The summed E-state index contributed by atoms with van der Waals surface area (Å²) in [5.74, 6) is -1.22. The van der Waals surface area contributed by atoms with E-state index in [9.17, 15) is 14.7 Å². The third-order valence-electron chi connectivity index (χ3n) is 3.84. The number of aromatic carboxylic acids is 1. The molecule has 0 aliphatic heterocycles. The average Bonchev–Trinajstić information content (AvgIpc) is 2.57. The summed E-state index contributed by atoms with van der Waals surface area (Å²) in [6.45, 7) is 4.19. The molecule has 2 aromatic carbocycles. The third kappa shape index (κ3) is 3.03. The highest BCUT2D eigenvalue weighted by molar-refractivity contribution is 9.10. The molecule has 0 aliphatic rings. The van der Waals surface area contributed by atoms with Crippen LogP contribution in [0.5, 0.6) is 0 Å². The number of benzene rings is 2. The van der Waals surface area contributed by atoms with Crippen molar-refractivity contribution >= 4 is 38.9 Å². The van der Waals surface area contributed by atoms with Crippen molar-refractivity contribution in [3.8, 4) is 0 Å². The number of nitrogens with zero attached hydrogens (tertiary/aromatic N) is 1. The number of carbonyl (C=O) groups is 1. The Balaban J connectivity index is 2.18. The number of carboxylic acid groups (broad SMARTS) is 1. The molecule has 3 rings (SSSR count). The fourth-order valence-electron chi connectivity index (χ4n) is 2.61. The maximum Gasteiger partial charge on any atom is 0.341 e. The van der Waals surface area contributed by atoms with E-state index < -0.39 is 11.4 Å². The van der Waals surface area contributed by atoms with E-state index in [1.165, 1.54) is 6.20 Å².